The van der Waals surface area contributed by atoms with Gasteiger partial charge in [0.2, 0.25) is 0 Å². The maximum absolute atomic E-state index is 4.02. The first-order valence-electron chi connectivity index (χ1n) is 6.32. The molecule has 0 spiro atoms. The Kier molecular flexibility index (Phi) is 3.02. The van der Waals surface area contributed by atoms with Crippen LogP contribution >= 0.6 is 0 Å². The summed E-state index contributed by atoms with van der Waals surface area (Å²) in [6.07, 6.45) is 3.87. The molecule has 18 heavy (non-hydrogen) atoms. The molecule has 1 aromatic heterocycles. The number of hydrogen-bond acceptors (Lipinski definition) is 3. The predicted molar refractivity (Wildman–Crippen MR) is 72.4 cm³/mol. The van der Waals surface area contributed by atoms with Gasteiger partial charge in [0.1, 0.15) is 0 Å². The Hall–Kier alpha value is -1.81. The number of aromatic amines is 1. The SMILES string of the molecule is CN1CCN(Cc2cn[nH]c2)c2ccccc2C1. The molecule has 0 amide bonds. The molecule has 1 aliphatic rings. The molecular weight excluding hydrogens is 224 g/mol. The van der Waals surface area contributed by atoms with E-state index in [4.69, 9.17) is 0 Å². The molecule has 0 aliphatic carbocycles. The average Bonchev–Trinajstić information content (AvgIpc) is 2.82. The quantitative estimate of drug-likeness (QED) is 0.873. The number of H-pyrrole nitrogens is 1. The van der Waals surface area contributed by atoms with E-state index in [1.807, 2.05) is 12.4 Å². The highest BCUT2D eigenvalue weighted by molar-refractivity contribution is 5.54. The minimum Gasteiger partial charge on any atom is -0.366 e. The molecule has 4 nitrogen and oxygen atoms in total. The molecule has 1 N–H and O–H groups in total. The van der Waals surface area contributed by atoms with Gasteiger partial charge >= 0.3 is 0 Å². The van der Waals surface area contributed by atoms with E-state index in [0.29, 0.717) is 0 Å². The van der Waals surface area contributed by atoms with Crippen molar-refractivity contribution in [3.8, 4) is 0 Å². The van der Waals surface area contributed by atoms with E-state index in [2.05, 4.69) is 51.3 Å². The molecule has 1 aliphatic heterocycles. The first-order chi connectivity index (χ1) is 8.83. The Bertz CT molecular complexity index is 506. The third kappa shape index (κ3) is 2.24. The van der Waals surface area contributed by atoms with Crippen LogP contribution in [0.25, 0.3) is 0 Å². The Morgan fingerprint density at radius 1 is 1.28 bits per heavy atom. The van der Waals surface area contributed by atoms with Crippen molar-refractivity contribution in [2.24, 2.45) is 0 Å². The van der Waals surface area contributed by atoms with Crippen molar-refractivity contribution >= 4 is 5.69 Å². The summed E-state index contributed by atoms with van der Waals surface area (Å²) < 4.78 is 0. The van der Waals surface area contributed by atoms with E-state index in [9.17, 15) is 0 Å². The number of anilines is 1. The molecule has 0 fully saturated rings. The summed E-state index contributed by atoms with van der Waals surface area (Å²) in [5.41, 5.74) is 3.98. The number of aromatic nitrogens is 2. The van der Waals surface area contributed by atoms with Crippen LogP contribution in [0.15, 0.2) is 36.7 Å². The summed E-state index contributed by atoms with van der Waals surface area (Å²) in [5.74, 6) is 0. The van der Waals surface area contributed by atoms with Crippen LogP contribution < -0.4 is 4.90 Å². The summed E-state index contributed by atoms with van der Waals surface area (Å²) in [4.78, 5) is 4.80. The van der Waals surface area contributed by atoms with Crippen molar-refractivity contribution in [3.05, 3.63) is 47.8 Å². The minimum atomic E-state index is 0.918. The van der Waals surface area contributed by atoms with Crippen LogP contribution in [0, 0.1) is 0 Å². The number of benzene rings is 1. The lowest BCUT2D eigenvalue weighted by Gasteiger charge is -2.24. The van der Waals surface area contributed by atoms with Gasteiger partial charge in [-0.25, -0.2) is 0 Å². The third-order valence-corrected chi connectivity index (χ3v) is 3.45. The molecule has 0 saturated carbocycles. The molecule has 0 saturated heterocycles. The second kappa shape index (κ2) is 4.82. The highest BCUT2D eigenvalue weighted by Gasteiger charge is 2.17. The zero-order valence-electron chi connectivity index (χ0n) is 10.6. The predicted octanol–water partition coefficient (Wildman–Crippen LogP) is 1.86. The number of likely N-dealkylation sites (N-methyl/N-ethyl adjacent to an activating group) is 1. The maximum atomic E-state index is 4.02. The number of hydrogen-bond donors (Lipinski definition) is 1. The highest BCUT2D eigenvalue weighted by Crippen LogP contribution is 2.25. The zero-order chi connectivity index (χ0) is 12.4. The van der Waals surface area contributed by atoms with Gasteiger partial charge in [-0.2, -0.15) is 5.10 Å². The lowest BCUT2D eigenvalue weighted by atomic mass is 10.1. The van der Waals surface area contributed by atoms with Gasteiger partial charge in [-0.05, 0) is 18.7 Å². The van der Waals surface area contributed by atoms with Crippen molar-refractivity contribution in [1.82, 2.24) is 15.1 Å². The highest BCUT2D eigenvalue weighted by atomic mass is 15.2. The van der Waals surface area contributed by atoms with Crippen molar-refractivity contribution < 1.29 is 0 Å². The molecular formula is C14H18N4. The van der Waals surface area contributed by atoms with E-state index in [0.717, 1.165) is 26.2 Å². The van der Waals surface area contributed by atoms with E-state index in [-0.39, 0.29) is 0 Å². The number of para-hydroxylation sites is 1. The summed E-state index contributed by atoms with van der Waals surface area (Å²) >= 11 is 0. The van der Waals surface area contributed by atoms with E-state index in [1.165, 1.54) is 16.8 Å². The number of nitrogens with one attached hydrogen (secondary N) is 1. The van der Waals surface area contributed by atoms with Crippen LogP contribution in [0.5, 0.6) is 0 Å². The van der Waals surface area contributed by atoms with Gasteiger partial charge < -0.3 is 9.80 Å². The number of rotatable bonds is 2. The largest absolute Gasteiger partial charge is 0.366 e. The van der Waals surface area contributed by atoms with Gasteiger partial charge in [0.25, 0.3) is 0 Å². The van der Waals surface area contributed by atoms with Crippen LogP contribution in [-0.2, 0) is 13.1 Å². The fourth-order valence-electron chi connectivity index (χ4n) is 2.48. The molecule has 2 heterocycles. The monoisotopic (exact) mass is 242 g/mol. The van der Waals surface area contributed by atoms with Crippen molar-refractivity contribution in [2.75, 3.05) is 25.0 Å². The second-order valence-electron chi connectivity index (χ2n) is 4.89. The molecule has 0 atom stereocenters. The average molecular weight is 242 g/mol. The van der Waals surface area contributed by atoms with Crippen LogP contribution in [-0.4, -0.2) is 35.2 Å². The van der Waals surface area contributed by atoms with Crippen LogP contribution in [0.3, 0.4) is 0 Å². The smallest absolute Gasteiger partial charge is 0.0537 e. The topological polar surface area (TPSA) is 35.2 Å². The Balaban J connectivity index is 1.90. The molecule has 2 aromatic rings. The van der Waals surface area contributed by atoms with Crippen molar-refractivity contribution in [1.29, 1.82) is 0 Å². The Labute approximate surface area is 107 Å². The minimum absolute atomic E-state index is 0.918. The molecule has 3 rings (SSSR count). The summed E-state index contributed by atoms with van der Waals surface area (Å²) in [7, 11) is 2.18. The van der Waals surface area contributed by atoms with Crippen LogP contribution in [0.4, 0.5) is 5.69 Å². The van der Waals surface area contributed by atoms with Crippen molar-refractivity contribution in [3.63, 3.8) is 0 Å². The lowest BCUT2D eigenvalue weighted by molar-refractivity contribution is 0.341. The lowest BCUT2D eigenvalue weighted by Crippen LogP contribution is -2.29. The molecule has 94 valence electrons. The number of fused-ring (bicyclic) bond motifs is 1. The molecule has 0 unspecified atom stereocenters. The molecule has 0 bridgehead atoms. The maximum Gasteiger partial charge on any atom is 0.0537 e. The molecule has 4 heteroatoms. The van der Waals surface area contributed by atoms with Gasteiger partial charge in [0.15, 0.2) is 0 Å². The number of nitrogens with zero attached hydrogens (tertiary/aromatic N) is 3. The van der Waals surface area contributed by atoms with Crippen LogP contribution in [0.2, 0.25) is 0 Å². The summed E-state index contributed by atoms with van der Waals surface area (Å²) in [6.45, 7) is 4.09. The molecule has 1 aromatic carbocycles. The van der Waals surface area contributed by atoms with Gasteiger partial charge in [-0.3, -0.25) is 5.10 Å². The standard InChI is InChI=1S/C14H18N4/c1-17-6-7-18(10-12-8-15-16-9-12)14-5-3-2-4-13(14)11-17/h2-5,8-9H,6-7,10-11H2,1H3,(H,15,16). The fraction of sp³-hybridized carbons (Fsp3) is 0.357. The molecule has 0 radical (unpaired) electrons. The summed E-state index contributed by atoms with van der Waals surface area (Å²) in [6, 6.07) is 8.68. The summed E-state index contributed by atoms with van der Waals surface area (Å²) in [5, 5.41) is 6.90. The fourth-order valence-corrected chi connectivity index (χ4v) is 2.48. The van der Waals surface area contributed by atoms with Gasteiger partial charge in [0.05, 0.1) is 6.20 Å². The first kappa shape index (κ1) is 11.3. The van der Waals surface area contributed by atoms with E-state index >= 15 is 0 Å². The first-order valence-corrected chi connectivity index (χ1v) is 6.32. The third-order valence-electron chi connectivity index (χ3n) is 3.45. The van der Waals surface area contributed by atoms with Crippen LogP contribution in [0.1, 0.15) is 11.1 Å². The van der Waals surface area contributed by atoms with E-state index in [1.54, 1.807) is 0 Å². The second-order valence-corrected chi connectivity index (χ2v) is 4.89. The van der Waals surface area contributed by atoms with E-state index < -0.39 is 0 Å². The Morgan fingerprint density at radius 3 is 3.00 bits per heavy atom. The van der Waals surface area contributed by atoms with Crippen molar-refractivity contribution in [2.45, 2.75) is 13.1 Å². The zero-order valence-corrected chi connectivity index (χ0v) is 10.6. The normalized spacial score (nSPS) is 16.4. The van der Waals surface area contributed by atoms with Gasteiger partial charge in [-0.1, -0.05) is 18.2 Å². The van der Waals surface area contributed by atoms with Gasteiger partial charge in [-0.15, -0.1) is 0 Å². The van der Waals surface area contributed by atoms with Gasteiger partial charge in [0, 0.05) is 43.6 Å². The Morgan fingerprint density at radius 2 is 2.17 bits per heavy atom.